The molecule has 0 unspecified atom stereocenters. The van der Waals surface area contributed by atoms with Gasteiger partial charge in [-0.25, -0.2) is 0 Å². The standard InChI is InChI=1S/C19H14O2/c20-13-18-16-9-5-4-8-15(16)10-11-17(18)19(21)12-14-6-2-1-3-7-14/h1-11,13H,12H2. The maximum absolute atomic E-state index is 12.5. The molecule has 102 valence electrons. The van der Waals surface area contributed by atoms with Crippen LogP contribution in [-0.2, 0) is 6.42 Å². The van der Waals surface area contributed by atoms with Crippen LogP contribution in [0.25, 0.3) is 10.8 Å². The normalized spacial score (nSPS) is 10.5. The van der Waals surface area contributed by atoms with E-state index in [1.54, 1.807) is 6.07 Å². The van der Waals surface area contributed by atoms with Crippen molar-refractivity contribution in [3.63, 3.8) is 0 Å². The molecule has 2 nitrogen and oxygen atoms in total. The first kappa shape index (κ1) is 13.3. The third-order valence-electron chi connectivity index (χ3n) is 3.60. The van der Waals surface area contributed by atoms with Crippen LogP contribution >= 0.6 is 0 Å². The summed E-state index contributed by atoms with van der Waals surface area (Å²) >= 11 is 0. The van der Waals surface area contributed by atoms with Gasteiger partial charge in [0.05, 0.1) is 0 Å². The van der Waals surface area contributed by atoms with Crippen molar-refractivity contribution in [2.45, 2.75) is 6.42 Å². The van der Waals surface area contributed by atoms with E-state index in [2.05, 4.69) is 0 Å². The second kappa shape index (κ2) is 5.71. The number of rotatable bonds is 4. The summed E-state index contributed by atoms with van der Waals surface area (Å²) in [5.74, 6) is -0.0333. The Labute approximate surface area is 123 Å². The molecule has 0 aliphatic carbocycles. The Morgan fingerprint density at radius 3 is 2.33 bits per heavy atom. The van der Waals surface area contributed by atoms with E-state index in [4.69, 9.17) is 0 Å². The topological polar surface area (TPSA) is 34.1 Å². The van der Waals surface area contributed by atoms with Crippen LogP contribution in [0.2, 0.25) is 0 Å². The maximum atomic E-state index is 12.5. The number of hydrogen-bond acceptors (Lipinski definition) is 2. The second-order valence-electron chi connectivity index (χ2n) is 4.95. The van der Waals surface area contributed by atoms with Crippen LogP contribution in [0.15, 0.2) is 66.7 Å². The number of Topliss-reactive ketones (excluding diaryl/α,β-unsaturated/α-hetero) is 1. The summed E-state index contributed by atoms with van der Waals surface area (Å²) in [4.78, 5) is 23.9. The van der Waals surface area contributed by atoms with Crippen molar-refractivity contribution in [3.8, 4) is 0 Å². The molecule has 0 radical (unpaired) electrons. The number of carbonyl (C=O) groups excluding carboxylic acids is 2. The molecule has 0 amide bonds. The average Bonchev–Trinajstić information content (AvgIpc) is 2.54. The quantitative estimate of drug-likeness (QED) is 0.530. The largest absolute Gasteiger partial charge is 0.298 e. The van der Waals surface area contributed by atoms with Gasteiger partial charge in [-0.1, -0.05) is 66.7 Å². The van der Waals surface area contributed by atoms with Crippen LogP contribution in [-0.4, -0.2) is 12.1 Å². The van der Waals surface area contributed by atoms with Gasteiger partial charge in [0, 0.05) is 17.5 Å². The Morgan fingerprint density at radius 2 is 1.57 bits per heavy atom. The first-order valence-corrected chi connectivity index (χ1v) is 6.83. The fourth-order valence-electron chi connectivity index (χ4n) is 2.54. The SMILES string of the molecule is O=Cc1c(C(=O)Cc2ccccc2)ccc2ccccc12. The van der Waals surface area contributed by atoms with Crippen molar-refractivity contribution in [2.75, 3.05) is 0 Å². The lowest BCUT2D eigenvalue weighted by atomic mass is 9.94. The highest BCUT2D eigenvalue weighted by Crippen LogP contribution is 2.22. The van der Waals surface area contributed by atoms with E-state index in [0.717, 1.165) is 22.6 Å². The molecule has 0 spiro atoms. The third kappa shape index (κ3) is 2.61. The number of aldehydes is 1. The van der Waals surface area contributed by atoms with Crippen LogP contribution in [0.3, 0.4) is 0 Å². The van der Waals surface area contributed by atoms with Crippen molar-refractivity contribution in [1.29, 1.82) is 0 Å². The molecule has 0 bridgehead atoms. The zero-order chi connectivity index (χ0) is 14.7. The van der Waals surface area contributed by atoms with Crippen molar-refractivity contribution < 1.29 is 9.59 Å². The van der Waals surface area contributed by atoms with Crippen LogP contribution in [0.4, 0.5) is 0 Å². The summed E-state index contributed by atoms with van der Waals surface area (Å²) in [7, 11) is 0. The third-order valence-corrected chi connectivity index (χ3v) is 3.60. The lowest BCUT2D eigenvalue weighted by Crippen LogP contribution is -2.07. The van der Waals surface area contributed by atoms with Crippen molar-refractivity contribution in [3.05, 3.63) is 83.4 Å². The van der Waals surface area contributed by atoms with Crippen LogP contribution < -0.4 is 0 Å². The van der Waals surface area contributed by atoms with Crippen molar-refractivity contribution >= 4 is 22.8 Å². The average molecular weight is 274 g/mol. The number of benzene rings is 3. The second-order valence-corrected chi connectivity index (χ2v) is 4.95. The maximum Gasteiger partial charge on any atom is 0.167 e. The van der Waals surface area contributed by atoms with E-state index < -0.39 is 0 Å². The van der Waals surface area contributed by atoms with Crippen LogP contribution in [0, 0.1) is 0 Å². The Morgan fingerprint density at radius 1 is 0.857 bits per heavy atom. The molecule has 0 saturated carbocycles. The van der Waals surface area contributed by atoms with Gasteiger partial charge in [-0.15, -0.1) is 0 Å². The first-order chi connectivity index (χ1) is 10.3. The molecule has 21 heavy (non-hydrogen) atoms. The molecule has 0 aliphatic heterocycles. The van der Waals surface area contributed by atoms with E-state index in [0.29, 0.717) is 17.5 Å². The molecule has 0 N–H and O–H groups in total. The Hall–Kier alpha value is -2.74. The molecule has 3 aromatic carbocycles. The highest BCUT2D eigenvalue weighted by atomic mass is 16.1. The summed E-state index contributed by atoms with van der Waals surface area (Å²) in [6, 6.07) is 20.8. The molecule has 0 aliphatic rings. The molecule has 3 aromatic rings. The van der Waals surface area contributed by atoms with Gasteiger partial charge >= 0.3 is 0 Å². The highest BCUT2D eigenvalue weighted by molar-refractivity contribution is 6.11. The fraction of sp³-hybridized carbons (Fsp3) is 0.0526. The fourth-order valence-corrected chi connectivity index (χ4v) is 2.54. The smallest absolute Gasteiger partial charge is 0.167 e. The van der Waals surface area contributed by atoms with Gasteiger partial charge in [-0.05, 0) is 16.3 Å². The number of fused-ring (bicyclic) bond motifs is 1. The summed E-state index contributed by atoms with van der Waals surface area (Å²) in [6.07, 6.45) is 1.08. The number of hydrogen-bond donors (Lipinski definition) is 0. The Kier molecular flexibility index (Phi) is 3.61. The number of ketones is 1. The van der Waals surface area contributed by atoms with Gasteiger partial charge in [0.2, 0.25) is 0 Å². The van der Waals surface area contributed by atoms with Gasteiger partial charge in [-0.3, -0.25) is 9.59 Å². The van der Waals surface area contributed by atoms with E-state index in [-0.39, 0.29) is 5.78 Å². The van der Waals surface area contributed by atoms with Crippen molar-refractivity contribution in [2.24, 2.45) is 0 Å². The summed E-state index contributed by atoms with van der Waals surface area (Å²) in [5.41, 5.74) is 1.93. The molecule has 0 aromatic heterocycles. The molecule has 2 heteroatoms. The predicted molar refractivity (Wildman–Crippen MR) is 83.8 cm³/mol. The monoisotopic (exact) mass is 274 g/mol. The first-order valence-electron chi connectivity index (χ1n) is 6.83. The lowest BCUT2D eigenvalue weighted by Gasteiger charge is -2.08. The molecular formula is C19H14O2. The summed E-state index contributed by atoms with van der Waals surface area (Å²) in [6.45, 7) is 0. The summed E-state index contributed by atoms with van der Waals surface area (Å²) < 4.78 is 0. The molecule has 0 heterocycles. The van der Waals surface area contributed by atoms with Gasteiger partial charge in [0.15, 0.2) is 12.1 Å². The predicted octanol–water partition coefficient (Wildman–Crippen LogP) is 4.08. The molecule has 0 atom stereocenters. The van der Waals surface area contributed by atoms with Gasteiger partial charge in [0.25, 0.3) is 0 Å². The molecular weight excluding hydrogens is 260 g/mol. The van der Waals surface area contributed by atoms with E-state index in [1.807, 2.05) is 60.7 Å². The van der Waals surface area contributed by atoms with Gasteiger partial charge in [0.1, 0.15) is 0 Å². The number of carbonyl (C=O) groups is 2. The Balaban J connectivity index is 2.04. The van der Waals surface area contributed by atoms with Gasteiger partial charge in [-0.2, -0.15) is 0 Å². The van der Waals surface area contributed by atoms with Crippen molar-refractivity contribution in [1.82, 2.24) is 0 Å². The minimum Gasteiger partial charge on any atom is -0.298 e. The zero-order valence-electron chi connectivity index (χ0n) is 11.5. The molecule has 3 rings (SSSR count). The molecule has 0 saturated heterocycles. The Bertz CT molecular complexity index is 804. The van der Waals surface area contributed by atoms with Crippen LogP contribution in [0.1, 0.15) is 26.3 Å². The van der Waals surface area contributed by atoms with E-state index in [1.165, 1.54) is 0 Å². The summed E-state index contributed by atoms with van der Waals surface area (Å²) in [5, 5.41) is 1.79. The minimum atomic E-state index is -0.0333. The zero-order valence-corrected chi connectivity index (χ0v) is 11.5. The van der Waals surface area contributed by atoms with Crippen LogP contribution in [0.5, 0.6) is 0 Å². The highest BCUT2D eigenvalue weighted by Gasteiger charge is 2.14. The lowest BCUT2D eigenvalue weighted by molar-refractivity contribution is 0.0986. The van der Waals surface area contributed by atoms with Gasteiger partial charge < -0.3 is 0 Å². The molecule has 0 fully saturated rings. The van der Waals surface area contributed by atoms with E-state index >= 15 is 0 Å². The van der Waals surface area contributed by atoms with E-state index in [9.17, 15) is 9.59 Å². The minimum absolute atomic E-state index is 0.0333.